The molecule has 0 aromatic carbocycles. The van der Waals surface area contributed by atoms with E-state index >= 15 is 0 Å². The van der Waals surface area contributed by atoms with E-state index in [9.17, 15) is 0 Å². The van der Waals surface area contributed by atoms with Gasteiger partial charge in [0.05, 0.1) is 5.02 Å². The van der Waals surface area contributed by atoms with Crippen LogP contribution >= 0.6 is 11.6 Å². The number of nitrogens with one attached hydrogen (secondary N) is 1. The smallest absolute Gasteiger partial charge is 0.144 e. The lowest BCUT2D eigenvalue weighted by Gasteiger charge is -2.27. The van der Waals surface area contributed by atoms with E-state index in [0.29, 0.717) is 5.02 Å². The van der Waals surface area contributed by atoms with Crippen molar-refractivity contribution in [1.29, 1.82) is 0 Å². The van der Waals surface area contributed by atoms with Gasteiger partial charge in [0.2, 0.25) is 0 Å². The first-order valence-corrected chi connectivity index (χ1v) is 6.18. The molecule has 1 heterocycles. The van der Waals surface area contributed by atoms with Gasteiger partial charge in [-0.15, -0.1) is 0 Å². The van der Waals surface area contributed by atoms with E-state index in [2.05, 4.69) is 10.3 Å². The number of nitrogens with two attached hydrogens (primary N) is 1. The van der Waals surface area contributed by atoms with Crippen LogP contribution in [0.1, 0.15) is 25.7 Å². The Kier molecular flexibility index (Phi) is 3.66. The monoisotopic (exact) mass is 239 g/mol. The second-order valence-electron chi connectivity index (χ2n) is 4.60. The zero-order valence-electron chi connectivity index (χ0n) is 9.38. The van der Waals surface area contributed by atoms with Gasteiger partial charge < -0.3 is 11.1 Å². The molecule has 88 valence electrons. The van der Waals surface area contributed by atoms with Crippen molar-refractivity contribution < 1.29 is 0 Å². The highest BCUT2D eigenvalue weighted by molar-refractivity contribution is 6.32. The molecule has 1 aliphatic carbocycles. The molecular formula is C12H18ClN3. The van der Waals surface area contributed by atoms with Gasteiger partial charge in [0.25, 0.3) is 0 Å². The largest absolute Gasteiger partial charge is 0.368 e. The van der Waals surface area contributed by atoms with Crippen molar-refractivity contribution in [3.63, 3.8) is 0 Å². The van der Waals surface area contributed by atoms with Crippen molar-refractivity contribution in [3.05, 3.63) is 23.4 Å². The van der Waals surface area contributed by atoms with E-state index in [1.807, 2.05) is 12.1 Å². The minimum atomic E-state index is 0.251. The van der Waals surface area contributed by atoms with Crippen LogP contribution in [-0.4, -0.2) is 18.1 Å². The van der Waals surface area contributed by atoms with Gasteiger partial charge in [-0.3, -0.25) is 0 Å². The summed E-state index contributed by atoms with van der Waals surface area (Å²) in [7, 11) is 0. The molecule has 0 atom stereocenters. The van der Waals surface area contributed by atoms with E-state index in [1.54, 1.807) is 6.20 Å². The number of aromatic nitrogens is 1. The summed E-state index contributed by atoms with van der Waals surface area (Å²) in [5, 5.41) is 4.00. The molecule has 0 amide bonds. The number of hydrogen-bond acceptors (Lipinski definition) is 3. The zero-order valence-corrected chi connectivity index (χ0v) is 10.1. The van der Waals surface area contributed by atoms with Crippen molar-refractivity contribution in [2.24, 2.45) is 11.1 Å². The van der Waals surface area contributed by atoms with Crippen LogP contribution < -0.4 is 11.1 Å². The number of pyridine rings is 1. The summed E-state index contributed by atoms with van der Waals surface area (Å²) >= 11 is 6.04. The van der Waals surface area contributed by atoms with E-state index in [0.717, 1.165) is 18.9 Å². The van der Waals surface area contributed by atoms with Gasteiger partial charge in [-0.25, -0.2) is 4.98 Å². The summed E-state index contributed by atoms with van der Waals surface area (Å²) in [6, 6.07) is 3.68. The minimum absolute atomic E-state index is 0.251. The molecule has 4 heteroatoms. The third-order valence-corrected chi connectivity index (χ3v) is 3.79. The first-order valence-electron chi connectivity index (χ1n) is 5.80. The molecule has 0 bridgehead atoms. The van der Waals surface area contributed by atoms with Crippen LogP contribution in [0.5, 0.6) is 0 Å². The highest BCUT2D eigenvalue weighted by atomic mass is 35.5. The molecule has 0 radical (unpaired) electrons. The Labute approximate surface area is 101 Å². The lowest BCUT2D eigenvalue weighted by atomic mass is 9.86. The Morgan fingerprint density at radius 1 is 1.44 bits per heavy atom. The van der Waals surface area contributed by atoms with Crippen LogP contribution in [0.3, 0.4) is 0 Å². The molecule has 1 aliphatic rings. The van der Waals surface area contributed by atoms with Crippen molar-refractivity contribution in [3.8, 4) is 0 Å². The van der Waals surface area contributed by atoms with Gasteiger partial charge in [0, 0.05) is 12.7 Å². The topological polar surface area (TPSA) is 50.9 Å². The molecule has 0 unspecified atom stereocenters. The first kappa shape index (κ1) is 11.7. The van der Waals surface area contributed by atoms with Crippen LogP contribution in [0.2, 0.25) is 5.02 Å². The molecule has 0 aliphatic heterocycles. The molecule has 2 rings (SSSR count). The normalized spacial score (nSPS) is 18.6. The number of anilines is 1. The lowest BCUT2D eigenvalue weighted by molar-refractivity contribution is 0.332. The van der Waals surface area contributed by atoms with Crippen molar-refractivity contribution >= 4 is 17.4 Å². The highest BCUT2D eigenvalue weighted by Gasteiger charge is 2.32. The predicted octanol–water partition coefficient (Wildman–Crippen LogP) is 2.67. The summed E-state index contributed by atoms with van der Waals surface area (Å²) in [6.45, 7) is 1.62. The second-order valence-corrected chi connectivity index (χ2v) is 5.01. The van der Waals surface area contributed by atoms with E-state index < -0.39 is 0 Å². The van der Waals surface area contributed by atoms with Crippen LogP contribution in [0.15, 0.2) is 18.3 Å². The third kappa shape index (κ3) is 2.47. The summed E-state index contributed by atoms with van der Waals surface area (Å²) < 4.78 is 0. The fourth-order valence-electron chi connectivity index (χ4n) is 2.37. The maximum absolute atomic E-state index is 6.04. The van der Waals surface area contributed by atoms with Crippen LogP contribution in [-0.2, 0) is 0 Å². The second kappa shape index (κ2) is 5.02. The maximum atomic E-state index is 6.04. The van der Waals surface area contributed by atoms with Gasteiger partial charge in [0.1, 0.15) is 5.82 Å². The van der Waals surface area contributed by atoms with Gasteiger partial charge in [0.15, 0.2) is 0 Å². The van der Waals surface area contributed by atoms with Crippen molar-refractivity contribution in [2.75, 3.05) is 18.4 Å². The molecule has 1 aromatic heterocycles. The lowest BCUT2D eigenvalue weighted by Crippen LogP contribution is -2.34. The van der Waals surface area contributed by atoms with Crippen molar-refractivity contribution in [2.45, 2.75) is 25.7 Å². The van der Waals surface area contributed by atoms with Gasteiger partial charge >= 0.3 is 0 Å². The quantitative estimate of drug-likeness (QED) is 0.850. The maximum Gasteiger partial charge on any atom is 0.144 e. The summed E-state index contributed by atoms with van der Waals surface area (Å²) in [5.74, 6) is 0.767. The molecule has 0 saturated heterocycles. The zero-order chi connectivity index (χ0) is 11.4. The Bertz CT molecular complexity index is 348. The van der Waals surface area contributed by atoms with Crippen LogP contribution in [0, 0.1) is 5.41 Å². The summed E-state index contributed by atoms with van der Waals surface area (Å²) in [6.07, 6.45) is 6.74. The van der Waals surface area contributed by atoms with Gasteiger partial charge in [-0.2, -0.15) is 0 Å². The summed E-state index contributed by atoms with van der Waals surface area (Å²) in [5.41, 5.74) is 6.13. The van der Waals surface area contributed by atoms with E-state index in [-0.39, 0.29) is 5.41 Å². The van der Waals surface area contributed by atoms with Gasteiger partial charge in [-0.1, -0.05) is 24.4 Å². The molecular weight excluding hydrogens is 222 g/mol. The number of halogens is 1. The fourth-order valence-corrected chi connectivity index (χ4v) is 2.55. The fraction of sp³-hybridized carbons (Fsp3) is 0.583. The molecule has 1 aromatic rings. The molecule has 3 nitrogen and oxygen atoms in total. The van der Waals surface area contributed by atoms with Gasteiger partial charge in [-0.05, 0) is 36.9 Å². The Balaban J connectivity index is 1.98. The highest BCUT2D eigenvalue weighted by Crippen LogP contribution is 2.37. The first-order chi connectivity index (χ1) is 7.76. The SMILES string of the molecule is NCC1(CNc2ncccc2Cl)CCCC1. The number of rotatable bonds is 4. The van der Waals surface area contributed by atoms with E-state index in [4.69, 9.17) is 17.3 Å². The Hall–Kier alpha value is -0.800. The third-order valence-electron chi connectivity index (χ3n) is 3.49. The summed E-state index contributed by atoms with van der Waals surface area (Å²) in [4.78, 5) is 4.22. The number of nitrogens with zero attached hydrogens (tertiary/aromatic N) is 1. The van der Waals surface area contributed by atoms with Crippen molar-refractivity contribution in [1.82, 2.24) is 4.98 Å². The minimum Gasteiger partial charge on any atom is -0.368 e. The molecule has 3 N–H and O–H groups in total. The molecule has 0 spiro atoms. The average molecular weight is 240 g/mol. The molecule has 1 fully saturated rings. The standard InChI is InChI=1S/C12H18ClN3/c13-10-4-3-7-15-11(10)16-9-12(8-14)5-1-2-6-12/h3-4,7H,1-2,5-6,8-9,14H2,(H,15,16). The molecule has 1 saturated carbocycles. The predicted molar refractivity (Wildman–Crippen MR) is 67.7 cm³/mol. The molecule has 16 heavy (non-hydrogen) atoms. The average Bonchev–Trinajstić information content (AvgIpc) is 2.78. The number of hydrogen-bond donors (Lipinski definition) is 2. The Morgan fingerprint density at radius 3 is 2.81 bits per heavy atom. The van der Waals surface area contributed by atoms with Crippen LogP contribution in [0.25, 0.3) is 0 Å². The Morgan fingerprint density at radius 2 is 2.19 bits per heavy atom. The van der Waals surface area contributed by atoms with E-state index in [1.165, 1.54) is 25.7 Å². The van der Waals surface area contributed by atoms with Crippen LogP contribution in [0.4, 0.5) is 5.82 Å².